The summed E-state index contributed by atoms with van der Waals surface area (Å²) in [5.41, 5.74) is 2.80. The smallest absolute Gasteiger partial charge is 0.147 e. The third kappa shape index (κ3) is 4.11. The molecule has 1 saturated heterocycles. The van der Waals surface area contributed by atoms with Crippen LogP contribution < -0.4 is 5.32 Å². The fourth-order valence-corrected chi connectivity index (χ4v) is 2.04. The summed E-state index contributed by atoms with van der Waals surface area (Å²) in [6.45, 7) is 5.37. The number of hydrogen-bond acceptors (Lipinski definition) is 3. The van der Waals surface area contributed by atoms with E-state index in [1.54, 1.807) is 0 Å². The first-order valence-corrected chi connectivity index (χ1v) is 6.31. The molecule has 1 fully saturated rings. The van der Waals surface area contributed by atoms with E-state index in [0.29, 0.717) is 12.9 Å². The fourth-order valence-electron chi connectivity index (χ4n) is 2.04. The summed E-state index contributed by atoms with van der Waals surface area (Å²) in [7, 11) is 0. The molecule has 0 saturated carbocycles. The Morgan fingerprint density at radius 2 is 2.24 bits per heavy atom. The van der Waals surface area contributed by atoms with Gasteiger partial charge in [-0.25, -0.2) is 0 Å². The van der Waals surface area contributed by atoms with Crippen molar-refractivity contribution in [3.05, 3.63) is 35.4 Å². The molecule has 0 radical (unpaired) electrons. The van der Waals surface area contributed by atoms with E-state index in [1.807, 2.05) is 0 Å². The average molecular weight is 235 g/mol. The second-order valence-corrected chi connectivity index (χ2v) is 4.48. The van der Waals surface area contributed by atoms with Crippen LogP contribution in [0.5, 0.6) is 0 Å². The van der Waals surface area contributed by atoms with E-state index in [2.05, 4.69) is 36.5 Å². The second kappa shape index (κ2) is 6.74. The molecule has 1 N–H and O–H groups in total. The third-order valence-electron chi connectivity index (χ3n) is 3.18. The summed E-state index contributed by atoms with van der Waals surface area (Å²) in [5.74, 6) is 0. The number of hydrogen-bond donors (Lipinski definition) is 1. The van der Waals surface area contributed by atoms with Crippen LogP contribution in [0.2, 0.25) is 0 Å². The van der Waals surface area contributed by atoms with Crippen molar-refractivity contribution in [1.29, 1.82) is 0 Å². The van der Waals surface area contributed by atoms with Crippen molar-refractivity contribution in [3.8, 4) is 0 Å². The highest BCUT2D eigenvalue weighted by Gasteiger charge is 2.12. The molecule has 0 aromatic heterocycles. The number of rotatable bonds is 5. The van der Waals surface area contributed by atoms with Gasteiger partial charge in [0.2, 0.25) is 0 Å². The second-order valence-electron chi connectivity index (χ2n) is 4.48. The zero-order chi connectivity index (χ0) is 11.9. The van der Waals surface area contributed by atoms with Crippen LogP contribution in [0.1, 0.15) is 17.5 Å². The van der Waals surface area contributed by atoms with E-state index in [4.69, 9.17) is 9.47 Å². The molecule has 94 valence electrons. The molecule has 1 heterocycles. The number of nitrogens with one attached hydrogen (secondary N) is 1. The average Bonchev–Trinajstić information content (AvgIpc) is 2.38. The van der Waals surface area contributed by atoms with Gasteiger partial charge in [0.15, 0.2) is 0 Å². The highest BCUT2D eigenvalue weighted by Crippen LogP contribution is 2.07. The van der Waals surface area contributed by atoms with Gasteiger partial charge >= 0.3 is 0 Å². The zero-order valence-electron chi connectivity index (χ0n) is 10.4. The molecule has 1 atom stereocenters. The maximum absolute atomic E-state index is 5.47. The quantitative estimate of drug-likeness (QED) is 0.791. The molecule has 0 spiro atoms. The Hall–Kier alpha value is -0.900. The normalized spacial score (nSPS) is 20.4. The molecule has 3 heteroatoms. The van der Waals surface area contributed by atoms with E-state index < -0.39 is 0 Å². The summed E-state index contributed by atoms with van der Waals surface area (Å²) in [6.07, 6.45) is 2.40. The van der Waals surface area contributed by atoms with E-state index >= 15 is 0 Å². The third-order valence-corrected chi connectivity index (χ3v) is 3.18. The van der Waals surface area contributed by atoms with Gasteiger partial charge in [-0.15, -0.1) is 0 Å². The van der Waals surface area contributed by atoms with Crippen LogP contribution in [-0.2, 0) is 15.9 Å². The summed E-state index contributed by atoms with van der Waals surface area (Å²) >= 11 is 0. The SMILES string of the molecule is Cc1ccccc1CCNCC1CCOCO1. The molecule has 1 unspecified atom stereocenters. The molecule has 3 nitrogen and oxygen atoms in total. The van der Waals surface area contributed by atoms with E-state index in [-0.39, 0.29) is 0 Å². The number of ether oxygens (including phenoxy) is 2. The van der Waals surface area contributed by atoms with Crippen LogP contribution in [0.3, 0.4) is 0 Å². The molecular weight excluding hydrogens is 214 g/mol. The molecule has 1 aromatic carbocycles. The van der Waals surface area contributed by atoms with Crippen molar-refractivity contribution >= 4 is 0 Å². The molecule has 0 amide bonds. The number of aryl methyl sites for hydroxylation is 1. The van der Waals surface area contributed by atoms with Gasteiger partial charge in [0.25, 0.3) is 0 Å². The highest BCUT2D eigenvalue weighted by atomic mass is 16.7. The monoisotopic (exact) mass is 235 g/mol. The van der Waals surface area contributed by atoms with Crippen LogP contribution in [-0.4, -0.2) is 32.6 Å². The fraction of sp³-hybridized carbons (Fsp3) is 0.571. The largest absolute Gasteiger partial charge is 0.355 e. The maximum Gasteiger partial charge on any atom is 0.147 e. The van der Waals surface area contributed by atoms with Gasteiger partial charge in [-0.1, -0.05) is 24.3 Å². The Kier molecular flexibility index (Phi) is 4.98. The minimum Gasteiger partial charge on any atom is -0.355 e. The van der Waals surface area contributed by atoms with Gasteiger partial charge in [-0.3, -0.25) is 0 Å². The van der Waals surface area contributed by atoms with Crippen LogP contribution >= 0.6 is 0 Å². The van der Waals surface area contributed by atoms with Crippen molar-refractivity contribution in [2.45, 2.75) is 25.9 Å². The molecule has 1 aliphatic heterocycles. The first kappa shape index (κ1) is 12.6. The minimum absolute atomic E-state index is 0.320. The van der Waals surface area contributed by atoms with Gasteiger partial charge in [-0.2, -0.15) is 0 Å². The predicted molar refractivity (Wildman–Crippen MR) is 68.1 cm³/mol. The summed E-state index contributed by atoms with van der Waals surface area (Å²) in [5, 5.41) is 3.45. The molecule has 1 aromatic rings. The van der Waals surface area contributed by atoms with Gasteiger partial charge in [0.1, 0.15) is 6.79 Å². The predicted octanol–water partition coefficient (Wildman–Crippen LogP) is 1.89. The van der Waals surface area contributed by atoms with E-state index in [9.17, 15) is 0 Å². The van der Waals surface area contributed by atoms with Crippen molar-refractivity contribution in [2.24, 2.45) is 0 Å². The van der Waals surface area contributed by atoms with Crippen molar-refractivity contribution < 1.29 is 9.47 Å². The Morgan fingerprint density at radius 1 is 1.35 bits per heavy atom. The standard InChI is InChI=1S/C14H21NO2/c1-12-4-2-3-5-13(12)6-8-15-10-14-7-9-16-11-17-14/h2-5,14-15H,6-11H2,1H3. The first-order chi connectivity index (χ1) is 8.36. The van der Waals surface area contributed by atoms with Gasteiger partial charge in [0.05, 0.1) is 12.7 Å². The minimum atomic E-state index is 0.320. The van der Waals surface area contributed by atoms with Crippen LogP contribution in [0.25, 0.3) is 0 Å². The summed E-state index contributed by atoms with van der Waals surface area (Å²) < 4.78 is 10.6. The van der Waals surface area contributed by atoms with Gasteiger partial charge in [-0.05, 0) is 37.4 Å². The Morgan fingerprint density at radius 3 is 3.00 bits per heavy atom. The van der Waals surface area contributed by atoms with E-state index in [1.165, 1.54) is 11.1 Å². The van der Waals surface area contributed by atoms with Crippen LogP contribution in [0.4, 0.5) is 0 Å². The molecule has 0 bridgehead atoms. The molecule has 2 rings (SSSR count). The Balaban J connectivity index is 1.64. The zero-order valence-corrected chi connectivity index (χ0v) is 10.4. The van der Waals surface area contributed by atoms with Gasteiger partial charge in [0, 0.05) is 6.54 Å². The van der Waals surface area contributed by atoms with Crippen molar-refractivity contribution in [3.63, 3.8) is 0 Å². The van der Waals surface area contributed by atoms with Gasteiger partial charge < -0.3 is 14.8 Å². The summed E-state index contributed by atoms with van der Waals surface area (Å²) in [6, 6.07) is 8.55. The van der Waals surface area contributed by atoms with Crippen LogP contribution in [0, 0.1) is 6.92 Å². The lowest BCUT2D eigenvalue weighted by molar-refractivity contribution is -0.137. The summed E-state index contributed by atoms with van der Waals surface area (Å²) in [4.78, 5) is 0. The molecular formula is C14H21NO2. The topological polar surface area (TPSA) is 30.5 Å². The molecule has 1 aliphatic rings. The lowest BCUT2D eigenvalue weighted by atomic mass is 10.1. The van der Waals surface area contributed by atoms with Crippen molar-refractivity contribution in [1.82, 2.24) is 5.32 Å². The Labute approximate surface area is 103 Å². The van der Waals surface area contributed by atoms with Crippen molar-refractivity contribution in [2.75, 3.05) is 26.5 Å². The Bertz CT molecular complexity index is 335. The molecule has 0 aliphatic carbocycles. The number of benzene rings is 1. The highest BCUT2D eigenvalue weighted by molar-refractivity contribution is 5.25. The maximum atomic E-state index is 5.47. The first-order valence-electron chi connectivity index (χ1n) is 6.31. The van der Waals surface area contributed by atoms with E-state index in [0.717, 1.165) is 32.5 Å². The lowest BCUT2D eigenvalue weighted by Gasteiger charge is -2.23. The molecule has 17 heavy (non-hydrogen) atoms. The van der Waals surface area contributed by atoms with Crippen LogP contribution in [0.15, 0.2) is 24.3 Å². The lowest BCUT2D eigenvalue weighted by Crippen LogP contribution is -2.34.